The summed E-state index contributed by atoms with van der Waals surface area (Å²) in [6.07, 6.45) is 0. The lowest BCUT2D eigenvalue weighted by Crippen LogP contribution is -2.11. The van der Waals surface area contributed by atoms with Crippen molar-refractivity contribution in [1.29, 1.82) is 0 Å². The van der Waals surface area contributed by atoms with E-state index >= 15 is 0 Å². The van der Waals surface area contributed by atoms with E-state index in [0.717, 1.165) is 34.2 Å². The number of rotatable bonds is 6. The van der Waals surface area contributed by atoms with Crippen LogP contribution >= 0.6 is 11.3 Å². The predicted octanol–water partition coefficient (Wildman–Crippen LogP) is 3.68. The van der Waals surface area contributed by atoms with Crippen LogP contribution in [0.15, 0.2) is 73.4 Å². The highest BCUT2D eigenvalue weighted by Crippen LogP contribution is 2.38. The lowest BCUT2D eigenvalue weighted by molar-refractivity contribution is 0.477. The molecule has 5 rings (SSSR count). The first-order valence-electron chi connectivity index (χ1n) is 10.7. The quantitative estimate of drug-likeness (QED) is 0.156. The van der Waals surface area contributed by atoms with Gasteiger partial charge in [0.1, 0.15) is 9.79 Å². The number of nitrogens with zero attached hydrogens (tertiary/aromatic N) is 5. The molecule has 2 aromatic heterocycles. The Balaban J connectivity index is 1.61. The molecule has 5 aromatic rings. The van der Waals surface area contributed by atoms with Gasteiger partial charge in [0.25, 0.3) is 30.4 Å². The number of benzene rings is 3. The average molecular weight is 625 g/mol. The van der Waals surface area contributed by atoms with Crippen molar-refractivity contribution in [3.63, 3.8) is 0 Å². The van der Waals surface area contributed by atoms with E-state index in [9.17, 15) is 38.9 Å². The summed E-state index contributed by atoms with van der Waals surface area (Å²) >= 11 is 1.07. The summed E-state index contributed by atoms with van der Waals surface area (Å²) in [5.74, 6) is -0.275. The molecule has 208 valence electrons. The summed E-state index contributed by atoms with van der Waals surface area (Å²) in [6, 6.07) is 9.77. The summed E-state index contributed by atoms with van der Waals surface area (Å²) < 4.78 is 101. The van der Waals surface area contributed by atoms with Crippen LogP contribution in [-0.2, 0) is 30.4 Å². The van der Waals surface area contributed by atoms with E-state index in [1.54, 1.807) is 12.1 Å². The van der Waals surface area contributed by atoms with Crippen LogP contribution in [0.25, 0.3) is 26.7 Å². The second-order valence-electron chi connectivity index (χ2n) is 8.25. The molecule has 15 nitrogen and oxygen atoms in total. The fraction of sp³-hybridized carbons (Fsp3) is 0.0476. The van der Waals surface area contributed by atoms with Gasteiger partial charge in [-0.3, -0.25) is 13.7 Å². The smallest absolute Gasteiger partial charge is 0.296 e. The zero-order valence-corrected chi connectivity index (χ0v) is 23.1. The summed E-state index contributed by atoms with van der Waals surface area (Å²) in [6.45, 7) is 1.46. The van der Waals surface area contributed by atoms with Crippen LogP contribution in [0.1, 0.15) is 5.69 Å². The van der Waals surface area contributed by atoms with Crippen molar-refractivity contribution in [3.05, 3.63) is 54.2 Å². The zero-order chi connectivity index (χ0) is 29.2. The van der Waals surface area contributed by atoms with Crippen LogP contribution in [0, 0.1) is 6.92 Å². The van der Waals surface area contributed by atoms with Crippen LogP contribution in [-0.4, -0.2) is 53.7 Å². The van der Waals surface area contributed by atoms with Crippen molar-refractivity contribution in [2.45, 2.75) is 21.6 Å². The number of nitrogen functional groups attached to an aromatic ring is 1. The van der Waals surface area contributed by atoms with Gasteiger partial charge in [0.15, 0.2) is 11.5 Å². The molecular weight excluding hydrogens is 609 g/mol. The number of nitrogens with two attached hydrogens (primary N) is 1. The fourth-order valence-electron chi connectivity index (χ4n) is 3.95. The molecule has 2 heterocycles. The summed E-state index contributed by atoms with van der Waals surface area (Å²) in [7, 11) is -14.1. The Morgan fingerprint density at radius 3 is 2.20 bits per heavy atom. The Kier molecular flexibility index (Phi) is 6.49. The molecule has 0 radical (unpaired) electrons. The van der Waals surface area contributed by atoms with E-state index in [4.69, 9.17) is 5.73 Å². The number of fused-ring (bicyclic) bond motifs is 3. The maximum absolute atomic E-state index is 11.9. The SMILES string of the molecule is Cc1nn(-c2cc(S(=O)(=O)O)ccc2S(=O)(=O)O)c(N)c1/N=N/c1nc2ccc3c(S(=O)(=O)O)cccc3c2s1. The lowest BCUT2D eigenvalue weighted by atomic mass is 10.1. The minimum atomic E-state index is -4.87. The molecule has 0 fully saturated rings. The third-order valence-electron chi connectivity index (χ3n) is 5.67. The van der Waals surface area contributed by atoms with E-state index in [-0.39, 0.29) is 32.6 Å². The van der Waals surface area contributed by atoms with Crippen molar-refractivity contribution in [1.82, 2.24) is 14.8 Å². The average Bonchev–Trinajstić information content (AvgIpc) is 3.40. The van der Waals surface area contributed by atoms with Crippen molar-refractivity contribution >= 4 is 79.3 Å². The second kappa shape index (κ2) is 9.37. The molecule has 3 aromatic carbocycles. The standard InChI is InChI=1S/C21H16N6O9S4/c1-10-18(20(22)27(26-10)15-9-11(38(28,29)30)5-8-17(15)40(34,35)36)24-25-21-23-14-7-6-12-13(19(14)37-21)3-2-4-16(12)39(31,32)33/h2-9H,22H2,1H3,(H,28,29,30)(H,31,32,33)(H,34,35,36)/b25-24+. The van der Waals surface area contributed by atoms with Crippen LogP contribution in [0.2, 0.25) is 0 Å². The van der Waals surface area contributed by atoms with Crippen molar-refractivity contribution in [2.24, 2.45) is 10.2 Å². The van der Waals surface area contributed by atoms with Gasteiger partial charge < -0.3 is 5.73 Å². The van der Waals surface area contributed by atoms with E-state index in [1.807, 2.05) is 0 Å². The number of thiazole rings is 1. The summed E-state index contributed by atoms with van der Waals surface area (Å²) in [5, 5.41) is 13.2. The molecule has 0 aliphatic heterocycles. The van der Waals surface area contributed by atoms with Gasteiger partial charge in [0.2, 0.25) is 5.13 Å². The third kappa shape index (κ3) is 4.94. The van der Waals surface area contributed by atoms with Gasteiger partial charge in [-0.25, -0.2) is 9.67 Å². The number of anilines is 1. The molecule has 0 amide bonds. The molecular formula is C21H16N6O9S4. The van der Waals surface area contributed by atoms with Crippen LogP contribution in [0.5, 0.6) is 0 Å². The molecule has 40 heavy (non-hydrogen) atoms. The Bertz CT molecular complexity index is 2220. The monoisotopic (exact) mass is 624 g/mol. The zero-order valence-electron chi connectivity index (χ0n) is 19.9. The third-order valence-corrected chi connectivity index (χ3v) is 9.32. The topological polar surface area (TPSA) is 245 Å². The van der Waals surface area contributed by atoms with Gasteiger partial charge in [-0.1, -0.05) is 29.5 Å². The lowest BCUT2D eigenvalue weighted by Gasteiger charge is -2.10. The number of hydrogen-bond donors (Lipinski definition) is 4. The maximum Gasteiger partial charge on any atom is 0.296 e. The first-order chi connectivity index (χ1) is 18.6. The Hall–Kier alpha value is -3.85. The number of azo groups is 1. The minimum Gasteiger partial charge on any atom is -0.382 e. The summed E-state index contributed by atoms with van der Waals surface area (Å²) in [5.41, 5.74) is 6.25. The van der Waals surface area contributed by atoms with E-state index in [2.05, 4.69) is 20.3 Å². The van der Waals surface area contributed by atoms with Gasteiger partial charge in [0.05, 0.1) is 26.5 Å². The highest BCUT2D eigenvalue weighted by Gasteiger charge is 2.25. The van der Waals surface area contributed by atoms with Crippen molar-refractivity contribution in [2.75, 3.05) is 5.73 Å². The molecule has 0 atom stereocenters. The van der Waals surface area contributed by atoms with Crippen LogP contribution < -0.4 is 5.73 Å². The molecule has 0 aliphatic rings. The van der Waals surface area contributed by atoms with Gasteiger partial charge in [-0.2, -0.15) is 30.4 Å². The highest BCUT2D eigenvalue weighted by atomic mass is 32.2. The molecule has 19 heteroatoms. The second-order valence-corrected chi connectivity index (χ2v) is 13.4. The fourth-order valence-corrected chi connectivity index (χ4v) is 6.72. The number of aryl methyl sites for hydroxylation is 1. The molecule has 0 saturated carbocycles. The highest BCUT2D eigenvalue weighted by molar-refractivity contribution is 7.86. The van der Waals surface area contributed by atoms with Gasteiger partial charge in [0, 0.05) is 10.8 Å². The van der Waals surface area contributed by atoms with Crippen LogP contribution in [0.3, 0.4) is 0 Å². The summed E-state index contributed by atoms with van der Waals surface area (Å²) in [4.78, 5) is 2.68. The maximum atomic E-state index is 11.9. The molecule has 0 bridgehead atoms. The van der Waals surface area contributed by atoms with E-state index in [0.29, 0.717) is 15.6 Å². The largest absolute Gasteiger partial charge is 0.382 e. The van der Waals surface area contributed by atoms with E-state index < -0.39 is 45.8 Å². The Labute approximate surface area is 229 Å². The Morgan fingerprint density at radius 2 is 1.55 bits per heavy atom. The number of aromatic nitrogens is 3. The number of hydrogen-bond acceptors (Lipinski definition) is 12. The molecule has 0 unspecified atom stereocenters. The van der Waals surface area contributed by atoms with Gasteiger partial charge in [-0.05, 0) is 37.3 Å². The Morgan fingerprint density at radius 1 is 0.850 bits per heavy atom. The van der Waals surface area contributed by atoms with Gasteiger partial charge in [-0.15, -0.1) is 10.2 Å². The van der Waals surface area contributed by atoms with E-state index in [1.165, 1.54) is 25.1 Å². The predicted molar refractivity (Wildman–Crippen MR) is 143 cm³/mol. The molecule has 5 N–H and O–H groups in total. The normalized spacial score (nSPS) is 13.1. The molecule has 0 aliphatic carbocycles. The van der Waals surface area contributed by atoms with Crippen molar-refractivity contribution < 1.29 is 38.9 Å². The minimum absolute atomic E-state index is 0.0312. The molecule has 0 saturated heterocycles. The van der Waals surface area contributed by atoms with Crippen molar-refractivity contribution in [3.8, 4) is 5.69 Å². The van der Waals surface area contributed by atoms with Gasteiger partial charge >= 0.3 is 0 Å². The first-order valence-corrected chi connectivity index (χ1v) is 15.9. The van der Waals surface area contributed by atoms with Crippen LogP contribution in [0.4, 0.5) is 16.6 Å². The molecule has 0 spiro atoms. The first kappa shape index (κ1) is 27.7.